The van der Waals surface area contributed by atoms with Crippen LogP contribution in [-0.2, 0) is 12.0 Å². The van der Waals surface area contributed by atoms with E-state index in [0.717, 1.165) is 29.9 Å². The van der Waals surface area contributed by atoms with Crippen LogP contribution in [0.25, 0.3) is 77.3 Å². The standard InChI is InChI=1S/C49H34N2/c1-2-28-51-45-25-12-11-24-44(45)50-48(51)33-16-13-15-32(29-33)39-30-43-47(38-21-6-5-18-35(38)39)46-34-17-4-3-14-31(34)26-27-42(46)49(43)40-22-9-7-19-36(40)37-20-8-10-23-41(37)49/h3-27,29-30H,2,28H2,1H3. The van der Waals surface area contributed by atoms with Gasteiger partial charge in [0.25, 0.3) is 0 Å². The zero-order chi connectivity index (χ0) is 33.7. The number of hydrogen-bond donors (Lipinski definition) is 0. The minimum Gasteiger partial charge on any atom is -0.324 e. The molecule has 0 N–H and O–H groups in total. The summed E-state index contributed by atoms with van der Waals surface area (Å²) in [4.78, 5) is 5.18. The van der Waals surface area contributed by atoms with Crippen LogP contribution in [0.2, 0.25) is 0 Å². The van der Waals surface area contributed by atoms with E-state index in [0.29, 0.717) is 0 Å². The van der Waals surface area contributed by atoms with E-state index >= 15 is 0 Å². The van der Waals surface area contributed by atoms with Crippen LogP contribution in [-0.4, -0.2) is 9.55 Å². The Bertz CT molecular complexity index is 2840. The molecule has 2 nitrogen and oxygen atoms in total. The molecule has 0 aliphatic heterocycles. The first kappa shape index (κ1) is 28.6. The average Bonchev–Trinajstić information content (AvgIpc) is 3.82. The summed E-state index contributed by atoms with van der Waals surface area (Å²) in [5, 5.41) is 5.15. The van der Waals surface area contributed by atoms with Crippen molar-refractivity contribution in [3.63, 3.8) is 0 Å². The van der Waals surface area contributed by atoms with Gasteiger partial charge in [0, 0.05) is 12.1 Å². The molecule has 11 rings (SSSR count). The Morgan fingerprint density at radius 3 is 1.94 bits per heavy atom. The first-order chi connectivity index (χ1) is 25.3. The largest absolute Gasteiger partial charge is 0.324 e. The van der Waals surface area contributed by atoms with Crippen molar-refractivity contribution in [3.05, 3.63) is 186 Å². The fourth-order valence-electron chi connectivity index (χ4n) is 9.56. The van der Waals surface area contributed by atoms with E-state index < -0.39 is 5.41 Å². The third kappa shape index (κ3) is 3.74. The van der Waals surface area contributed by atoms with Gasteiger partial charge in [0.1, 0.15) is 5.82 Å². The Morgan fingerprint density at radius 2 is 1.14 bits per heavy atom. The molecule has 8 aromatic carbocycles. The summed E-state index contributed by atoms with van der Waals surface area (Å²) in [6, 6.07) is 61.1. The van der Waals surface area contributed by atoms with E-state index in [4.69, 9.17) is 4.98 Å². The molecule has 1 heterocycles. The molecule has 2 aliphatic rings. The maximum absolute atomic E-state index is 5.18. The summed E-state index contributed by atoms with van der Waals surface area (Å²) in [5.74, 6) is 1.03. The summed E-state index contributed by atoms with van der Waals surface area (Å²) in [7, 11) is 0. The molecule has 0 atom stereocenters. The minimum absolute atomic E-state index is 0.437. The lowest BCUT2D eigenvalue weighted by Gasteiger charge is -2.31. The molecular weight excluding hydrogens is 617 g/mol. The zero-order valence-electron chi connectivity index (χ0n) is 28.4. The van der Waals surface area contributed by atoms with Gasteiger partial charge in [-0.3, -0.25) is 0 Å². The molecule has 0 fully saturated rings. The highest BCUT2D eigenvalue weighted by Gasteiger charge is 2.52. The van der Waals surface area contributed by atoms with Gasteiger partial charge in [-0.2, -0.15) is 0 Å². The maximum atomic E-state index is 5.18. The Balaban J connectivity index is 1.26. The highest BCUT2D eigenvalue weighted by molar-refractivity contribution is 6.16. The van der Waals surface area contributed by atoms with Crippen LogP contribution in [0.1, 0.15) is 35.6 Å². The summed E-state index contributed by atoms with van der Waals surface area (Å²) in [5.41, 5.74) is 16.2. The van der Waals surface area contributed by atoms with E-state index in [1.54, 1.807) is 0 Å². The number of para-hydroxylation sites is 2. The second-order valence-electron chi connectivity index (χ2n) is 14.1. The topological polar surface area (TPSA) is 17.8 Å². The number of nitrogens with zero attached hydrogens (tertiary/aromatic N) is 2. The predicted octanol–water partition coefficient (Wildman–Crippen LogP) is 12.4. The fraction of sp³-hybridized carbons (Fsp3) is 0.0816. The Hall–Kier alpha value is -6.25. The molecule has 0 saturated carbocycles. The Morgan fingerprint density at radius 1 is 0.490 bits per heavy atom. The highest BCUT2D eigenvalue weighted by atomic mass is 15.1. The number of rotatable bonds is 4. The highest BCUT2D eigenvalue weighted by Crippen LogP contribution is 2.65. The van der Waals surface area contributed by atoms with Gasteiger partial charge in [0.05, 0.1) is 16.4 Å². The number of fused-ring (bicyclic) bond motifs is 15. The summed E-state index contributed by atoms with van der Waals surface area (Å²) >= 11 is 0. The Kier molecular flexibility index (Phi) is 5.95. The second-order valence-corrected chi connectivity index (χ2v) is 14.1. The van der Waals surface area contributed by atoms with Gasteiger partial charge in [-0.25, -0.2) is 4.98 Å². The molecule has 0 amide bonds. The van der Waals surface area contributed by atoms with Crippen molar-refractivity contribution in [2.24, 2.45) is 0 Å². The molecule has 240 valence electrons. The molecule has 1 spiro atoms. The second kappa shape index (κ2) is 10.6. The molecule has 0 radical (unpaired) electrons. The smallest absolute Gasteiger partial charge is 0.141 e. The minimum atomic E-state index is -0.437. The Labute approximate surface area is 297 Å². The van der Waals surface area contributed by atoms with E-state index in [2.05, 4.69) is 175 Å². The van der Waals surface area contributed by atoms with Crippen molar-refractivity contribution in [3.8, 4) is 44.8 Å². The van der Waals surface area contributed by atoms with Gasteiger partial charge in [0.2, 0.25) is 0 Å². The summed E-state index contributed by atoms with van der Waals surface area (Å²) < 4.78 is 2.39. The van der Waals surface area contributed by atoms with Crippen LogP contribution in [0, 0.1) is 0 Å². The molecule has 1 aromatic heterocycles. The number of benzene rings is 8. The molecule has 0 saturated heterocycles. The van der Waals surface area contributed by atoms with Crippen molar-refractivity contribution in [2.45, 2.75) is 25.3 Å². The van der Waals surface area contributed by atoms with E-state index in [9.17, 15) is 0 Å². The monoisotopic (exact) mass is 650 g/mol. The number of aryl methyl sites for hydroxylation is 1. The quantitative estimate of drug-likeness (QED) is 0.185. The molecule has 2 heteroatoms. The molecule has 0 unspecified atom stereocenters. The van der Waals surface area contributed by atoms with Crippen LogP contribution in [0.5, 0.6) is 0 Å². The molecule has 2 aliphatic carbocycles. The van der Waals surface area contributed by atoms with Crippen molar-refractivity contribution in [1.29, 1.82) is 0 Å². The van der Waals surface area contributed by atoms with Gasteiger partial charge in [0.15, 0.2) is 0 Å². The number of aromatic nitrogens is 2. The van der Waals surface area contributed by atoms with Crippen LogP contribution >= 0.6 is 0 Å². The molecule has 0 bridgehead atoms. The van der Waals surface area contributed by atoms with Gasteiger partial charge in [-0.15, -0.1) is 0 Å². The summed E-state index contributed by atoms with van der Waals surface area (Å²) in [6.45, 7) is 3.16. The molecule has 9 aromatic rings. The lowest BCUT2D eigenvalue weighted by atomic mass is 9.70. The lowest BCUT2D eigenvalue weighted by Crippen LogP contribution is -2.26. The van der Waals surface area contributed by atoms with Crippen LogP contribution in [0.3, 0.4) is 0 Å². The van der Waals surface area contributed by atoms with Crippen LogP contribution < -0.4 is 0 Å². The van der Waals surface area contributed by atoms with Gasteiger partial charge in [-0.1, -0.05) is 146 Å². The van der Waals surface area contributed by atoms with E-state index in [1.165, 1.54) is 82.7 Å². The van der Waals surface area contributed by atoms with Crippen molar-refractivity contribution < 1.29 is 0 Å². The third-order valence-electron chi connectivity index (χ3n) is 11.5. The zero-order valence-corrected chi connectivity index (χ0v) is 28.4. The lowest BCUT2D eigenvalue weighted by molar-refractivity contribution is 0.704. The fourth-order valence-corrected chi connectivity index (χ4v) is 9.56. The van der Waals surface area contributed by atoms with Crippen molar-refractivity contribution in [2.75, 3.05) is 0 Å². The van der Waals surface area contributed by atoms with Crippen molar-refractivity contribution >= 4 is 32.6 Å². The number of hydrogen-bond acceptors (Lipinski definition) is 1. The first-order valence-corrected chi connectivity index (χ1v) is 18.1. The van der Waals surface area contributed by atoms with Gasteiger partial charge >= 0.3 is 0 Å². The van der Waals surface area contributed by atoms with E-state index in [-0.39, 0.29) is 0 Å². The third-order valence-corrected chi connectivity index (χ3v) is 11.5. The van der Waals surface area contributed by atoms with Crippen LogP contribution in [0.15, 0.2) is 164 Å². The molecular formula is C49H34N2. The SMILES string of the molecule is CCCn1c(-c2cccc(-c3cc4c(c5ccccc35)-c3c(ccc5ccccc35)C43c4ccccc4-c4ccccc43)c2)nc2ccccc21. The van der Waals surface area contributed by atoms with Gasteiger partial charge in [-0.05, 0) is 108 Å². The van der Waals surface area contributed by atoms with Crippen molar-refractivity contribution in [1.82, 2.24) is 9.55 Å². The first-order valence-electron chi connectivity index (χ1n) is 18.1. The van der Waals surface area contributed by atoms with Crippen LogP contribution in [0.4, 0.5) is 0 Å². The summed E-state index contributed by atoms with van der Waals surface area (Å²) in [6.07, 6.45) is 1.04. The van der Waals surface area contributed by atoms with Gasteiger partial charge < -0.3 is 4.57 Å². The predicted molar refractivity (Wildman–Crippen MR) is 212 cm³/mol. The maximum Gasteiger partial charge on any atom is 0.141 e. The van der Waals surface area contributed by atoms with E-state index in [1.807, 2.05) is 0 Å². The normalized spacial score (nSPS) is 13.5. The average molecular weight is 651 g/mol. The number of imidazole rings is 1. The molecule has 51 heavy (non-hydrogen) atoms.